The molecule has 2 amide bonds. The fourth-order valence-electron chi connectivity index (χ4n) is 5.55. The van der Waals surface area contributed by atoms with E-state index < -0.39 is 23.2 Å². The lowest BCUT2D eigenvalue weighted by atomic mass is 9.90. The van der Waals surface area contributed by atoms with Crippen LogP contribution in [0.25, 0.3) is 22.2 Å². The second-order valence-corrected chi connectivity index (χ2v) is 11.8. The number of aliphatic hydroxyl groups is 1. The number of pyridine rings is 1. The quantitative estimate of drug-likeness (QED) is 0.208. The van der Waals surface area contributed by atoms with Crippen LogP contribution in [0.5, 0.6) is 11.5 Å². The van der Waals surface area contributed by atoms with Crippen molar-refractivity contribution in [3.05, 3.63) is 70.3 Å². The third-order valence-corrected chi connectivity index (χ3v) is 8.41. The summed E-state index contributed by atoms with van der Waals surface area (Å²) in [4.78, 5) is 30.4. The highest BCUT2D eigenvalue weighted by Gasteiger charge is 2.47. The van der Waals surface area contributed by atoms with Crippen LogP contribution in [0.2, 0.25) is 5.02 Å². The zero-order valence-corrected chi connectivity index (χ0v) is 25.2. The largest absolute Gasteiger partial charge is 0.494 e. The van der Waals surface area contributed by atoms with Crippen molar-refractivity contribution in [2.45, 2.75) is 50.7 Å². The Morgan fingerprint density at radius 2 is 1.98 bits per heavy atom. The van der Waals surface area contributed by atoms with Gasteiger partial charge in [0.15, 0.2) is 0 Å². The molecular formula is C32H33ClFN5O5. The monoisotopic (exact) mass is 621 g/mol. The number of aromatic nitrogens is 3. The van der Waals surface area contributed by atoms with Crippen LogP contribution in [0.15, 0.2) is 42.6 Å². The van der Waals surface area contributed by atoms with Gasteiger partial charge in [-0.25, -0.2) is 9.37 Å². The van der Waals surface area contributed by atoms with Crippen molar-refractivity contribution < 1.29 is 28.6 Å². The first kappa shape index (κ1) is 29.8. The topological polar surface area (TPSA) is 142 Å². The maximum absolute atomic E-state index is 13.9. The Balaban J connectivity index is 1.37. The number of hydrogen-bond donors (Lipinski definition) is 3. The van der Waals surface area contributed by atoms with Crippen LogP contribution in [0.1, 0.15) is 60.3 Å². The summed E-state index contributed by atoms with van der Waals surface area (Å²) in [5.74, 6) is -1.02. The number of ether oxygens (including phenoxy) is 2. The SMILES string of the molecule is CCOc1c(CC(N)=O)cc([C@@](O)(CNC(=O)c2cc(OC)c3nn(C4CC4)cc3c2)C2CC2)nc1-c1ccc(F)cc1Cl. The molecule has 6 rings (SSSR count). The number of methoxy groups -OCH3 is 1. The first-order valence-electron chi connectivity index (χ1n) is 14.6. The summed E-state index contributed by atoms with van der Waals surface area (Å²) in [5, 5.41) is 20.5. The van der Waals surface area contributed by atoms with Crippen LogP contribution in [-0.2, 0) is 16.8 Å². The zero-order valence-electron chi connectivity index (χ0n) is 24.4. The maximum atomic E-state index is 13.9. The van der Waals surface area contributed by atoms with Crippen molar-refractivity contribution >= 4 is 34.3 Å². The number of rotatable bonds is 12. The van der Waals surface area contributed by atoms with Crippen molar-refractivity contribution in [3.8, 4) is 22.8 Å². The van der Waals surface area contributed by atoms with Gasteiger partial charge in [0, 0.05) is 28.3 Å². The molecule has 2 aliphatic rings. The zero-order chi connectivity index (χ0) is 31.2. The highest BCUT2D eigenvalue weighted by atomic mass is 35.5. The first-order valence-corrected chi connectivity index (χ1v) is 15.0. The van der Waals surface area contributed by atoms with Crippen LogP contribution in [-0.4, -0.2) is 51.9 Å². The molecule has 12 heteroatoms. The van der Waals surface area contributed by atoms with Gasteiger partial charge in [-0.15, -0.1) is 0 Å². The molecule has 2 fully saturated rings. The van der Waals surface area contributed by atoms with E-state index in [-0.39, 0.29) is 47.7 Å². The summed E-state index contributed by atoms with van der Waals surface area (Å²) in [7, 11) is 1.53. The summed E-state index contributed by atoms with van der Waals surface area (Å²) >= 11 is 6.43. The number of carbonyl (C=O) groups is 2. The number of hydrogen-bond acceptors (Lipinski definition) is 7. The Morgan fingerprint density at radius 1 is 1.20 bits per heavy atom. The van der Waals surface area contributed by atoms with E-state index in [0.29, 0.717) is 46.8 Å². The van der Waals surface area contributed by atoms with Gasteiger partial charge in [-0.3, -0.25) is 14.3 Å². The van der Waals surface area contributed by atoms with Gasteiger partial charge >= 0.3 is 0 Å². The lowest BCUT2D eigenvalue weighted by Crippen LogP contribution is -2.43. The van der Waals surface area contributed by atoms with Crippen LogP contribution < -0.4 is 20.5 Å². The highest BCUT2D eigenvalue weighted by Crippen LogP contribution is 2.47. The lowest BCUT2D eigenvalue weighted by Gasteiger charge is -2.30. The van der Waals surface area contributed by atoms with E-state index in [2.05, 4.69) is 10.4 Å². The average Bonchev–Trinajstić information content (AvgIpc) is 3.93. The number of primary amides is 1. The molecule has 2 aliphatic carbocycles. The summed E-state index contributed by atoms with van der Waals surface area (Å²) in [6.07, 6.45) is 5.27. The predicted octanol–water partition coefficient (Wildman–Crippen LogP) is 4.69. The normalized spacial score (nSPS) is 16.0. The minimum atomic E-state index is -1.60. The molecule has 2 aromatic carbocycles. The van der Waals surface area contributed by atoms with Gasteiger partial charge in [-0.05, 0) is 74.9 Å². The van der Waals surface area contributed by atoms with Gasteiger partial charge in [-0.2, -0.15) is 5.10 Å². The van der Waals surface area contributed by atoms with E-state index in [0.717, 1.165) is 24.3 Å². The first-order chi connectivity index (χ1) is 21.1. The molecule has 10 nitrogen and oxygen atoms in total. The number of amides is 2. The number of fused-ring (bicyclic) bond motifs is 1. The molecule has 0 radical (unpaired) electrons. The molecule has 0 aliphatic heterocycles. The van der Waals surface area contributed by atoms with E-state index in [1.54, 1.807) is 25.1 Å². The number of nitrogens with zero attached hydrogens (tertiary/aromatic N) is 3. The molecule has 4 N–H and O–H groups in total. The molecule has 0 unspecified atom stereocenters. The molecule has 2 aromatic heterocycles. The van der Waals surface area contributed by atoms with E-state index in [1.807, 2.05) is 10.9 Å². The van der Waals surface area contributed by atoms with Crippen LogP contribution >= 0.6 is 11.6 Å². The fourth-order valence-corrected chi connectivity index (χ4v) is 5.81. The van der Waals surface area contributed by atoms with Crippen molar-refractivity contribution in [1.82, 2.24) is 20.1 Å². The number of halogens is 2. The van der Waals surface area contributed by atoms with Crippen molar-refractivity contribution in [2.24, 2.45) is 11.7 Å². The van der Waals surface area contributed by atoms with E-state index in [9.17, 15) is 19.1 Å². The summed E-state index contributed by atoms with van der Waals surface area (Å²) < 4.78 is 27.3. The Kier molecular flexibility index (Phi) is 7.93. The standard InChI is InChI=1S/C32H33ClFN5O5/c1-3-44-30-17(13-27(35)40)12-26(37-29(30)23-9-6-21(34)14-24(23)33)32(42,20-4-5-20)16-36-31(41)18-10-19-15-39(22-7-8-22)38-28(19)25(11-18)43-2/h6,9-12,14-15,20,22,42H,3-5,7-8,13,16H2,1-2H3,(H2,35,40)(H,36,41)/t32-/m1/s1. The maximum Gasteiger partial charge on any atom is 0.251 e. The fraction of sp³-hybridized carbons (Fsp3) is 0.375. The number of nitrogens with two attached hydrogens (primary N) is 1. The molecular weight excluding hydrogens is 589 g/mol. The highest BCUT2D eigenvalue weighted by molar-refractivity contribution is 6.33. The van der Waals surface area contributed by atoms with Crippen LogP contribution in [0, 0.1) is 11.7 Å². The van der Waals surface area contributed by atoms with Gasteiger partial charge < -0.3 is 25.6 Å². The Morgan fingerprint density at radius 3 is 2.61 bits per heavy atom. The average molecular weight is 622 g/mol. The smallest absolute Gasteiger partial charge is 0.251 e. The number of nitrogens with one attached hydrogen (secondary N) is 1. The van der Waals surface area contributed by atoms with Crippen LogP contribution in [0.4, 0.5) is 4.39 Å². The summed E-state index contributed by atoms with van der Waals surface area (Å²) in [5.41, 5.74) is 6.23. The van der Waals surface area contributed by atoms with Crippen molar-refractivity contribution in [2.75, 3.05) is 20.3 Å². The van der Waals surface area contributed by atoms with Crippen LogP contribution in [0.3, 0.4) is 0 Å². The van der Waals surface area contributed by atoms with E-state index >= 15 is 0 Å². The van der Waals surface area contributed by atoms with Gasteiger partial charge in [0.25, 0.3) is 5.91 Å². The molecule has 0 spiro atoms. The Bertz CT molecular complexity index is 1770. The summed E-state index contributed by atoms with van der Waals surface area (Å²) in [6, 6.07) is 9.20. The van der Waals surface area contributed by atoms with Crippen molar-refractivity contribution in [1.29, 1.82) is 0 Å². The summed E-state index contributed by atoms with van der Waals surface area (Å²) in [6.45, 7) is 1.86. The molecule has 230 valence electrons. The molecule has 2 heterocycles. The third-order valence-electron chi connectivity index (χ3n) is 8.10. The second kappa shape index (κ2) is 11.7. The minimum Gasteiger partial charge on any atom is -0.494 e. The van der Waals surface area contributed by atoms with Gasteiger partial charge in [0.05, 0.1) is 43.4 Å². The predicted molar refractivity (Wildman–Crippen MR) is 162 cm³/mol. The second-order valence-electron chi connectivity index (χ2n) is 11.4. The van der Waals surface area contributed by atoms with Gasteiger partial charge in [0.2, 0.25) is 5.91 Å². The lowest BCUT2D eigenvalue weighted by molar-refractivity contribution is -0.117. The third kappa shape index (κ3) is 5.81. The Labute approximate surface area is 258 Å². The van der Waals surface area contributed by atoms with E-state index in [4.69, 9.17) is 31.8 Å². The number of benzene rings is 2. The molecule has 44 heavy (non-hydrogen) atoms. The molecule has 0 saturated heterocycles. The minimum absolute atomic E-state index is 0.0817. The molecule has 1 atom stereocenters. The number of carbonyl (C=O) groups excluding carboxylic acids is 2. The van der Waals surface area contributed by atoms with Gasteiger partial charge in [0.1, 0.15) is 34.1 Å². The van der Waals surface area contributed by atoms with E-state index in [1.165, 1.54) is 19.2 Å². The molecule has 0 bridgehead atoms. The van der Waals surface area contributed by atoms with Gasteiger partial charge in [-0.1, -0.05) is 11.6 Å². The Hall–Kier alpha value is -4.22. The molecule has 4 aromatic rings. The van der Waals surface area contributed by atoms with Crippen molar-refractivity contribution in [3.63, 3.8) is 0 Å². The molecule has 2 saturated carbocycles.